The Bertz CT molecular complexity index is 291. The molecule has 2 nitrogen and oxygen atoms in total. The highest BCUT2D eigenvalue weighted by Crippen LogP contribution is 2.15. The van der Waals surface area contributed by atoms with Crippen LogP contribution in [0.1, 0.15) is 47.0 Å². The first kappa shape index (κ1) is 16.1. The van der Waals surface area contributed by atoms with Gasteiger partial charge in [0, 0.05) is 0 Å². The minimum Gasteiger partial charge on any atom is -0.386 e. The highest BCUT2D eigenvalue weighted by atomic mass is 16.3. The molecule has 0 aromatic rings. The minimum absolute atomic E-state index is 0.684. The van der Waals surface area contributed by atoms with Crippen LogP contribution in [0, 0.1) is 0 Å². The van der Waals surface area contributed by atoms with Crippen LogP contribution in [0.15, 0.2) is 36.5 Å². The molecule has 1 unspecified atom stereocenters. The lowest BCUT2D eigenvalue weighted by molar-refractivity contribution is 0.103. The fraction of sp³-hybridized carbons (Fsp3) is 0.600. The first-order chi connectivity index (χ1) is 7.66. The Morgan fingerprint density at radius 2 is 1.82 bits per heavy atom. The second-order valence-electron chi connectivity index (χ2n) is 5.41. The average Bonchev–Trinajstić information content (AvgIpc) is 2.15. The number of aliphatic hydroxyl groups is 2. The lowest BCUT2D eigenvalue weighted by Crippen LogP contribution is -2.19. The molecule has 17 heavy (non-hydrogen) atoms. The molecule has 0 aromatic heterocycles. The van der Waals surface area contributed by atoms with Crippen molar-refractivity contribution in [3.8, 4) is 0 Å². The molecule has 0 aliphatic heterocycles. The molecule has 0 fully saturated rings. The molecule has 0 saturated carbocycles. The van der Waals surface area contributed by atoms with Crippen molar-refractivity contribution in [2.75, 3.05) is 0 Å². The smallest absolute Gasteiger partial charge is 0.0800 e. The van der Waals surface area contributed by atoms with Crippen LogP contribution < -0.4 is 0 Å². The van der Waals surface area contributed by atoms with Crippen LogP contribution in [0.3, 0.4) is 0 Å². The van der Waals surface area contributed by atoms with Gasteiger partial charge in [0.1, 0.15) is 0 Å². The topological polar surface area (TPSA) is 40.5 Å². The Morgan fingerprint density at radius 3 is 2.29 bits per heavy atom. The first-order valence-electron chi connectivity index (χ1n) is 6.08. The van der Waals surface area contributed by atoms with Crippen LogP contribution in [0.4, 0.5) is 0 Å². The Hall–Kier alpha value is -0.860. The molecule has 2 heteroatoms. The summed E-state index contributed by atoms with van der Waals surface area (Å²) in [5, 5.41) is 19.2. The predicted molar refractivity (Wildman–Crippen MR) is 73.9 cm³/mol. The number of allylic oxidation sites excluding steroid dienone is 3. The molecule has 0 saturated heterocycles. The molecular weight excluding hydrogens is 212 g/mol. The fourth-order valence-electron chi connectivity index (χ4n) is 1.33. The van der Waals surface area contributed by atoms with Gasteiger partial charge in [-0.2, -0.15) is 0 Å². The third kappa shape index (κ3) is 10.0. The van der Waals surface area contributed by atoms with Gasteiger partial charge in [-0.15, -0.1) is 6.58 Å². The van der Waals surface area contributed by atoms with E-state index in [1.807, 2.05) is 6.08 Å². The van der Waals surface area contributed by atoms with Crippen molar-refractivity contribution in [2.24, 2.45) is 0 Å². The van der Waals surface area contributed by atoms with Gasteiger partial charge < -0.3 is 10.2 Å². The second kappa shape index (κ2) is 6.77. The second-order valence-corrected chi connectivity index (χ2v) is 5.41. The van der Waals surface area contributed by atoms with Crippen molar-refractivity contribution < 1.29 is 10.2 Å². The molecule has 0 aliphatic rings. The lowest BCUT2D eigenvalue weighted by atomic mass is 9.99. The Morgan fingerprint density at radius 1 is 1.24 bits per heavy atom. The van der Waals surface area contributed by atoms with Crippen LogP contribution >= 0.6 is 0 Å². The van der Waals surface area contributed by atoms with Gasteiger partial charge in [-0.05, 0) is 47.0 Å². The van der Waals surface area contributed by atoms with E-state index in [0.717, 1.165) is 12.8 Å². The largest absolute Gasteiger partial charge is 0.386 e. The van der Waals surface area contributed by atoms with Gasteiger partial charge >= 0.3 is 0 Å². The van der Waals surface area contributed by atoms with Crippen LogP contribution in [0.2, 0.25) is 0 Å². The molecule has 1 atom stereocenters. The summed E-state index contributed by atoms with van der Waals surface area (Å²) in [5.41, 5.74) is -0.280. The van der Waals surface area contributed by atoms with E-state index >= 15 is 0 Å². The summed E-state index contributed by atoms with van der Waals surface area (Å²) < 4.78 is 0. The van der Waals surface area contributed by atoms with Crippen LogP contribution in [0.5, 0.6) is 0 Å². The third-order valence-corrected chi connectivity index (χ3v) is 2.55. The third-order valence-electron chi connectivity index (χ3n) is 2.55. The molecule has 0 bridgehead atoms. The number of rotatable bonds is 7. The van der Waals surface area contributed by atoms with Crippen molar-refractivity contribution in [2.45, 2.75) is 58.2 Å². The van der Waals surface area contributed by atoms with E-state index in [1.165, 1.54) is 5.57 Å². The lowest BCUT2D eigenvalue weighted by Gasteiger charge is -2.16. The normalized spacial score (nSPS) is 17.2. The monoisotopic (exact) mass is 238 g/mol. The van der Waals surface area contributed by atoms with Gasteiger partial charge in [0.15, 0.2) is 0 Å². The van der Waals surface area contributed by atoms with Gasteiger partial charge in [0.25, 0.3) is 0 Å². The summed E-state index contributed by atoms with van der Waals surface area (Å²) in [5.74, 6) is 0. The SMILES string of the molecule is C=CC(C)(O)CC/C=C(\C)C/C=C/C(C)(C)O. The quantitative estimate of drug-likeness (QED) is 0.668. The Balaban J connectivity index is 4.04. The molecule has 0 spiro atoms. The van der Waals surface area contributed by atoms with Gasteiger partial charge in [-0.3, -0.25) is 0 Å². The van der Waals surface area contributed by atoms with Gasteiger partial charge in [-0.1, -0.05) is 29.9 Å². The predicted octanol–water partition coefficient (Wildman–Crippen LogP) is 3.37. The van der Waals surface area contributed by atoms with E-state index in [-0.39, 0.29) is 0 Å². The standard InChI is InChI=1S/C15H26O2/c1-6-15(5,17)12-8-10-13(2)9-7-11-14(3,4)16/h6-7,10-11,16-17H,1,8-9,12H2,2-5H3/b11-7+,13-10+. The van der Waals surface area contributed by atoms with E-state index in [1.54, 1.807) is 32.9 Å². The average molecular weight is 238 g/mol. The van der Waals surface area contributed by atoms with E-state index in [0.29, 0.717) is 6.42 Å². The zero-order valence-electron chi connectivity index (χ0n) is 11.5. The number of hydrogen-bond donors (Lipinski definition) is 2. The van der Waals surface area contributed by atoms with Crippen molar-refractivity contribution in [3.63, 3.8) is 0 Å². The molecule has 0 aliphatic carbocycles. The summed E-state index contributed by atoms with van der Waals surface area (Å²) in [7, 11) is 0. The van der Waals surface area contributed by atoms with Crippen molar-refractivity contribution in [3.05, 3.63) is 36.5 Å². The summed E-state index contributed by atoms with van der Waals surface area (Å²) in [4.78, 5) is 0. The molecule has 0 amide bonds. The van der Waals surface area contributed by atoms with E-state index in [9.17, 15) is 10.2 Å². The van der Waals surface area contributed by atoms with Crippen LogP contribution in [0.25, 0.3) is 0 Å². The maximum atomic E-state index is 9.72. The van der Waals surface area contributed by atoms with Gasteiger partial charge in [0.2, 0.25) is 0 Å². The molecule has 0 aromatic carbocycles. The Kier molecular flexibility index (Phi) is 6.43. The molecule has 0 rings (SSSR count). The Labute approximate surface area is 105 Å². The molecule has 0 heterocycles. The first-order valence-corrected chi connectivity index (χ1v) is 6.08. The van der Waals surface area contributed by atoms with Crippen molar-refractivity contribution in [1.29, 1.82) is 0 Å². The van der Waals surface area contributed by atoms with E-state index in [4.69, 9.17) is 0 Å². The van der Waals surface area contributed by atoms with Crippen LogP contribution in [-0.2, 0) is 0 Å². The van der Waals surface area contributed by atoms with Crippen molar-refractivity contribution >= 4 is 0 Å². The molecule has 2 N–H and O–H groups in total. The maximum Gasteiger partial charge on any atom is 0.0800 e. The zero-order chi connectivity index (χ0) is 13.5. The van der Waals surface area contributed by atoms with Gasteiger partial charge in [-0.25, -0.2) is 0 Å². The number of hydrogen-bond acceptors (Lipinski definition) is 2. The zero-order valence-corrected chi connectivity index (χ0v) is 11.5. The fourth-order valence-corrected chi connectivity index (χ4v) is 1.33. The highest BCUT2D eigenvalue weighted by Gasteiger charge is 2.13. The maximum absolute atomic E-state index is 9.72. The minimum atomic E-state index is -0.778. The molecule has 0 radical (unpaired) electrons. The summed E-state index contributed by atoms with van der Waals surface area (Å²) >= 11 is 0. The van der Waals surface area contributed by atoms with Gasteiger partial charge in [0.05, 0.1) is 11.2 Å². The summed E-state index contributed by atoms with van der Waals surface area (Å²) in [6.45, 7) is 10.9. The van der Waals surface area contributed by atoms with E-state index in [2.05, 4.69) is 19.6 Å². The summed E-state index contributed by atoms with van der Waals surface area (Å²) in [6.07, 6.45) is 9.81. The van der Waals surface area contributed by atoms with Crippen LogP contribution in [-0.4, -0.2) is 21.4 Å². The molecule has 98 valence electrons. The highest BCUT2D eigenvalue weighted by molar-refractivity contribution is 5.08. The molecular formula is C15H26O2. The summed E-state index contributed by atoms with van der Waals surface area (Å²) in [6, 6.07) is 0. The van der Waals surface area contributed by atoms with E-state index < -0.39 is 11.2 Å². The van der Waals surface area contributed by atoms with Crippen molar-refractivity contribution in [1.82, 2.24) is 0 Å².